The van der Waals surface area contributed by atoms with E-state index in [2.05, 4.69) is 14.7 Å². The van der Waals surface area contributed by atoms with Crippen molar-refractivity contribution in [3.05, 3.63) is 40.6 Å². The molecule has 2 rings (SSSR count). The molecule has 1 heterocycles. The maximum absolute atomic E-state index is 12.3. The number of non-ortho nitro benzene ring substituents is 1. The standard InChI is InChI=1S/C12H12N4O6S/c1-21-11-10(7-13-12(14-11)22-2)15-23(19,20)9-5-3-4-8(6-9)16(17)18/h3-7,15H,1-2H3. The SMILES string of the molecule is COc1ncc(NS(=O)(=O)c2cccc([N+](=O)[O-])c2)c(OC)n1. The van der Waals surface area contributed by atoms with Crippen molar-refractivity contribution >= 4 is 21.4 Å². The van der Waals surface area contributed by atoms with Crippen LogP contribution in [0.3, 0.4) is 0 Å². The Morgan fingerprint density at radius 3 is 2.61 bits per heavy atom. The number of nitrogens with one attached hydrogen (secondary N) is 1. The lowest BCUT2D eigenvalue weighted by Gasteiger charge is -2.11. The summed E-state index contributed by atoms with van der Waals surface area (Å²) in [4.78, 5) is 17.4. The van der Waals surface area contributed by atoms with Crippen LogP contribution in [0, 0.1) is 10.1 Å². The van der Waals surface area contributed by atoms with Gasteiger partial charge < -0.3 is 9.47 Å². The predicted molar refractivity (Wildman–Crippen MR) is 79.0 cm³/mol. The molecule has 10 nitrogen and oxygen atoms in total. The van der Waals surface area contributed by atoms with E-state index in [1.54, 1.807) is 0 Å². The van der Waals surface area contributed by atoms with Gasteiger partial charge in [0.1, 0.15) is 5.69 Å². The molecule has 0 spiro atoms. The van der Waals surface area contributed by atoms with E-state index in [-0.39, 0.29) is 28.2 Å². The Bertz CT molecular complexity index is 839. The van der Waals surface area contributed by atoms with Crippen LogP contribution in [0.4, 0.5) is 11.4 Å². The first-order valence-corrected chi connectivity index (χ1v) is 7.58. The number of hydrogen-bond donors (Lipinski definition) is 1. The Morgan fingerprint density at radius 1 is 1.26 bits per heavy atom. The maximum Gasteiger partial charge on any atom is 0.319 e. The van der Waals surface area contributed by atoms with Crippen molar-refractivity contribution in [3.8, 4) is 11.9 Å². The van der Waals surface area contributed by atoms with Gasteiger partial charge in [-0.2, -0.15) is 4.98 Å². The van der Waals surface area contributed by atoms with Gasteiger partial charge in [0.15, 0.2) is 0 Å². The molecule has 0 aliphatic carbocycles. The average Bonchev–Trinajstić information content (AvgIpc) is 2.55. The van der Waals surface area contributed by atoms with Crippen LogP contribution in [-0.2, 0) is 10.0 Å². The molecule has 23 heavy (non-hydrogen) atoms. The third-order valence-electron chi connectivity index (χ3n) is 2.69. The number of anilines is 1. The van der Waals surface area contributed by atoms with Gasteiger partial charge in [0.25, 0.3) is 15.7 Å². The molecule has 0 saturated carbocycles. The van der Waals surface area contributed by atoms with E-state index < -0.39 is 14.9 Å². The van der Waals surface area contributed by atoms with E-state index >= 15 is 0 Å². The summed E-state index contributed by atoms with van der Waals surface area (Å²) in [5.74, 6) is -0.0501. The molecule has 0 radical (unpaired) electrons. The molecule has 1 aromatic carbocycles. The van der Waals surface area contributed by atoms with Gasteiger partial charge in [-0.1, -0.05) is 6.07 Å². The fourth-order valence-corrected chi connectivity index (χ4v) is 2.72. The molecule has 1 N–H and O–H groups in total. The minimum absolute atomic E-state index is 0.000136. The highest BCUT2D eigenvalue weighted by atomic mass is 32.2. The van der Waals surface area contributed by atoms with Gasteiger partial charge in [-0.3, -0.25) is 14.8 Å². The Kier molecular flexibility index (Phi) is 4.60. The summed E-state index contributed by atoms with van der Waals surface area (Å²) in [7, 11) is -1.43. The van der Waals surface area contributed by atoms with Gasteiger partial charge in [0.05, 0.1) is 30.2 Å². The van der Waals surface area contributed by atoms with Gasteiger partial charge in [0.2, 0.25) is 5.88 Å². The lowest BCUT2D eigenvalue weighted by atomic mass is 10.3. The number of methoxy groups -OCH3 is 2. The number of nitro groups is 1. The molecule has 2 aromatic rings. The minimum atomic E-state index is -4.08. The van der Waals surface area contributed by atoms with E-state index in [1.165, 1.54) is 38.6 Å². The van der Waals surface area contributed by atoms with Gasteiger partial charge in [0, 0.05) is 12.1 Å². The summed E-state index contributed by atoms with van der Waals surface area (Å²) in [6, 6.07) is 4.63. The molecular weight excluding hydrogens is 328 g/mol. The van der Waals surface area contributed by atoms with Crippen molar-refractivity contribution in [2.75, 3.05) is 18.9 Å². The van der Waals surface area contributed by atoms with Crippen molar-refractivity contribution in [2.45, 2.75) is 4.90 Å². The van der Waals surface area contributed by atoms with E-state index in [9.17, 15) is 18.5 Å². The van der Waals surface area contributed by atoms with Gasteiger partial charge in [-0.05, 0) is 6.07 Å². The van der Waals surface area contributed by atoms with Crippen molar-refractivity contribution in [2.24, 2.45) is 0 Å². The first-order chi connectivity index (χ1) is 10.9. The van der Waals surface area contributed by atoms with Crippen molar-refractivity contribution < 1.29 is 22.8 Å². The second-order valence-electron chi connectivity index (χ2n) is 4.14. The summed E-state index contributed by atoms with van der Waals surface area (Å²) < 4.78 is 36.6. The summed E-state index contributed by atoms with van der Waals surface area (Å²) in [5.41, 5.74) is -0.370. The normalized spacial score (nSPS) is 10.9. The van der Waals surface area contributed by atoms with E-state index in [4.69, 9.17) is 9.47 Å². The smallest absolute Gasteiger partial charge is 0.319 e. The average molecular weight is 340 g/mol. The lowest BCUT2D eigenvalue weighted by Crippen LogP contribution is -2.14. The molecule has 0 amide bonds. The van der Waals surface area contributed by atoms with Crippen LogP contribution in [0.15, 0.2) is 35.4 Å². The fourth-order valence-electron chi connectivity index (χ4n) is 1.64. The number of sulfonamides is 1. The fraction of sp³-hybridized carbons (Fsp3) is 0.167. The molecule has 1 aromatic heterocycles. The second kappa shape index (κ2) is 6.44. The molecular formula is C12H12N4O6S. The molecule has 0 aliphatic heterocycles. The van der Waals surface area contributed by atoms with Crippen LogP contribution in [0.25, 0.3) is 0 Å². The summed E-state index contributed by atoms with van der Waals surface area (Å²) in [6.07, 6.45) is 1.17. The van der Waals surface area contributed by atoms with Crippen LogP contribution in [0.5, 0.6) is 11.9 Å². The molecule has 11 heteroatoms. The zero-order valence-corrected chi connectivity index (χ0v) is 12.9. The van der Waals surface area contributed by atoms with Crippen LogP contribution in [0.1, 0.15) is 0 Å². The molecule has 0 aliphatic rings. The van der Waals surface area contributed by atoms with Crippen LogP contribution < -0.4 is 14.2 Å². The largest absolute Gasteiger partial charge is 0.479 e. The number of nitrogens with zero attached hydrogens (tertiary/aromatic N) is 3. The molecule has 122 valence electrons. The van der Waals surface area contributed by atoms with Crippen molar-refractivity contribution in [1.29, 1.82) is 0 Å². The van der Waals surface area contributed by atoms with Gasteiger partial charge in [-0.15, -0.1) is 0 Å². The third kappa shape index (κ3) is 3.63. The highest BCUT2D eigenvalue weighted by Gasteiger charge is 2.20. The Balaban J connectivity index is 2.38. The Hall–Kier alpha value is -2.95. The Labute approximate surface area is 131 Å². The maximum atomic E-state index is 12.3. The van der Waals surface area contributed by atoms with Gasteiger partial charge in [-0.25, -0.2) is 13.4 Å². The Morgan fingerprint density at radius 2 is 2.00 bits per heavy atom. The van der Waals surface area contributed by atoms with Crippen molar-refractivity contribution in [1.82, 2.24) is 9.97 Å². The first kappa shape index (κ1) is 16.4. The summed E-state index contributed by atoms with van der Waals surface area (Å²) in [6.45, 7) is 0. The number of hydrogen-bond acceptors (Lipinski definition) is 8. The van der Waals surface area contributed by atoms with Crippen LogP contribution >= 0.6 is 0 Å². The quantitative estimate of drug-likeness (QED) is 0.612. The van der Waals surface area contributed by atoms with E-state index in [1.807, 2.05) is 0 Å². The minimum Gasteiger partial charge on any atom is -0.479 e. The molecule has 0 bridgehead atoms. The molecule has 0 saturated heterocycles. The molecule has 0 fully saturated rings. The number of nitro benzene ring substituents is 1. The van der Waals surface area contributed by atoms with E-state index in [0.717, 1.165) is 6.07 Å². The second-order valence-corrected chi connectivity index (χ2v) is 5.82. The molecule has 0 unspecified atom stereocenters. The van der Waals surface area contributed by atoms with Crippen molar-refractivity contribution in [3.63, 3.8) is 0 Å². The van der Waals surface area contributed by atoms with Crippen LogP contribution in [0.2, 0.25) is 0 Å². The highest BCUT2D eigenvalue weighted by molar-refractivity contribution is 7.92. The summed E-state index contributed by atoms with van der Waals surface area (Å²) in [5, 5.41) is 10.7. The highest BCUT2D eigenvalue weighted by Crippen LogP contribution is 2.26. The van der Waals surface area contributed by atoms with Gasteiger partial charge >= 0.3 is 6.01 Å². The number of ether oxygens (including phenoxy) is 2. The third-order valence-corrected chi connectivity index (χ3v) is 4.05. The topological polar surface area (TPSA) is 134 Å². The number of aromatic nitrogens is 2. The first-order valence-electron chi connectivity index (χ1n) is 6.09. The predicted octanol–water partition coefficient (Wildman–Crippen LogP) is 1.20. The summed E-state index contributed by atoms with van der Waals surface area (Å²) >= 11 is 0. The van der Waals surface area contributed by atoms with Crippen LogP contribution in [-0.4, -0.2) is 37.5 Å². The number of rotatable bonds is 6. The monoisotopic (exact) mass is 340 g/mol. The molecule has 0 atom stereocenters. The van der Waals surface area contributed by atoms with E-state index in [0.29, 0.717) is 0 Å². The lowest BCUT2D eigenvalue weighted by molar-refractivity contribution is -0.385. The zero-order valence-electron chi connectivity index (χ0n) is 12.1. The zero-order chi connectivity index (χ0) is 17.0. The number of benzene rings is 1.